The topological polar surface area (TPSA) is 42.0 Å². The minimum atomic E-state index is -0.680. The molecule has 1 saturated heterocycles. The molecule has 0 aromatic heterocycles. The van der Waals surface area contributed by atoms with Gasteiger partial charge in [-0.1, -0.05) is 78.9 Å². The number of para-hydroxylation sites is 1. The predicted molar refractivity (Wildman–Crippen MR) is 155 cm³/mol. The van der Waals surface area contributed by atoms with Gasteiger partial charge in [-0.15, -0.1) is 12.4 Å². The summed E-state index contributed by atoms with van der Waals surface area (Å²) in [5.41, 5.74) is 3.97. The first-order chi connectivity index (χ1) is 18.2. The van der Waals surface area contributed by atoms with Crippen molar-refractivity contribution in [1.29, 1.82) is 0 Å². The average Bonchev–Trinajstić information content (AvgIpc) is 3.21. The summed E-state index contributed by atoms with van der Waals surface area (Å²) in [4.78, 5) is 18.8. The van der Waals surface area contributed by atoms with E-state index in [2.05, 4.69) is 77.7 Å². The molecule has 0 spiro atoms. The standard InChI is InChI=1S/C32H38N2O3.ClH/c1-36-24-25-37-23-22-34-30-15-9-8-14-29(30)32(31(34)35,28-12-6-3-7-13-28)18-21-33-19-16-27(17-20-33)26-10-4-2-5-11-26;/h2-15,27H,16-25H2,1H3;1H. The number of piperidine rings is 1. The first-order valence-corrected chi connectivity index (χ1v) is 13.5. The fraction of sp³-hybridized carbons (Fsp3) is 0.406. The monoisotopic (exact) mass is 534 g/mol. The molecule has 3 aromatic rings. The zero-order valence-corrected chi connectivity index (χ0v) is 23.1. The number of anilines is 1. The molecule has 0 N–H and O–H groups in total. The summed E-state index contributed by atoms with van der Waals surface area (Å²) in [6, 6.07) is 29.6. The van der Waals surface area contributed by atoms with Crippen molar-refractivity contribution < 1.29 is 14.3 Å². The van der Waals surface area contributed by atoms with Crippen LogP contribution in [0.4, 0.5) is 5.69 Å². The Hall–Kier alpha value is -2.70. The molecule has 2 aliphatic rings. The van der Waals surface area contributed by atoms with Gasteiger partial charge in [-0.25, -0.2) is 0 Å². The van der Waals surface area contributed by atoms with Gasteiger partial charge in [0.05, 0.1) is 19.8 Å². The number of fused-ring (bicyclic) bond motifs is 1. The van der Waals surface area contributed by atoms with Gasteiger partial charge >= 0.3 is 0 Å². The molecule has 1 fully saturated rings. The molecule has 5 nitrogen and oxygen atoms in total. The SMILES string of the molecule is COCCOCCN1C(=O)C(CCN2CCC(c3ccccc3)CC2)(c2ccccc2)c2ccccc21.Cl. The summed E-state index contributed by atoms with van der Waals surface area (Å²) in [6.07, 6.45) is 3.10. The van der Waals surface area contributed by atoms with Crippen molar-refractivity contribution in [3.05, 3.63) is 102 Å². The Bertz CT molecular complexity index is 1150. The van der Waals surface area contributed by atoms with E-state index < -0.39 is 5.41 Å². The summed E-state index contributed by atoms with van der Waals surface area (Å²) in [6.45, 7) is 5.14. The van der Waals surface area contributed by atoms with Crippen LogP contribution >= 0.6 is 12.4 Å². The zero-order valence-electron chi connectivity index (χ0n) is 22.3. The highest BCUT2D eigenvalue weighted by atomic mass is 35.5. The molecule has 202 valence electrons. The molecule has 2 aliphatic heterocycles. The van der Waals surface area contributed by atoms with E-state index in [0.29, 0.717) is 32.3 Å². The molecule has 0 radical (unpaired) electrons. The summed E-state index contributed by atoms with van der Waals surface area (Å²) >= 11 is 0. The molecule has 3 aromatic carbocycles. The first-order valence-electron chi connectivity index (χ1n) is 13.5. The van der Waals surface area contributed by atoms with Gasteiger partial charge in [-0.05, 0) is 67.6 Å². The van der Waals surface area contributed by atoms with Crippen LogP contribution < -0.4 is 4.90 Å². The number of carbonyl (C=O) groups is 1. The highest BCUT2D eigenvalue weighted by molar-refractivity contribution is 6.10. The van der Waals surface area contributed by atoms with Crippen LogP contribution in [0.1, 0.15) is 41.9 Å². The number of carbonyl (C=O) groups excluding carboxylic acids is 1. The van der Waals surface area contributed by atoms with Crippen LogP contribution in [0, 0.1) is 0 Å². The highest BCUT2D eigenvalue weighted by Gasteiger charge is 2.51. The maximum absolute atomic E-state index is 14.3. The molecule has 6 heteroatoms. The third-order valence-corrected chi connectivity index (χ3v) is 8.08. The van der Waals surface area contributed by atoms with Crippen LogP contribution in [0.5, 0.6) is 0 Å². The van der Waals surface area contributed by atoms with Gasteiger partial charge in [0.2, 0.25) is 5.91 Å². The van der Waals surface area contributed by atoms with Crippen LogP contribution in [-0.2, 0) is 19.7 Å². The second kappa shape index (κ2) is 13.4. The maximum atomic E-state index is 14.3. The number of ether oxygens (including phenoxy) is 2. The van der Waals surface area contributed by atoms with Gasteiger partial charge < -0.3 is 19.3 Å². The molecule has 0 aliphatic carbocycles. The molecule has 0 bridgehead atoms. The van der Waals surface area contributed by atoms with Crippen molar-refractivity contribution >= 4 is 24.0 Å². The van der Waals surface area contributed by atoms with E-state index in [-0.39, 0.29) is 18.3 Å². The number of methoxy groups -OCH3 is 1. The summed E-state index contributed by atoms with van der Waals surface area (Å²) < 4.78 is 10.8. The maximum Gasteiger partial charge on any atom is 0.242 e. The number of likely N-dealkylation sites (tertiary alicyclic amines) is 1. The van der Waals surface area contributed by atoms with Gasteiger partial charge in [0.15, 0.2) is 0 Å². The van der Waals surface area contributed by atoms with Crippen molar-refractivity contribution in [2.45, 2.75) is 30.6 Å². The Kier molecular flexibility index (Phi) is 9.97. The molecule has 1 atom stereocenters. The predicted octanol–water partition coefficient (Wildman–Crippen LogP) is 5.67. The van der Waals surface area contributed by atoms with Gasteiger partial charge in [-0.3, -0.25) is 4.79 Å². The first kappa shape index (κ1) is 28.3. The van der Waals surface area contributed by atoms with E-state index in [1.807, 2.05) is 17.0 Å². The van der Waals surface area contributed by atoms with Gasteiger partial charge in [0, 0.05) is 19.3 Å². The second-order valence-electron chi connectivity index (χ2n) is 10.1. The molecule has 0 saturated carbocycles. The lowest BCUT2D eigenvalue weighted by atomic mass is 9.72. The number of rotatable bonds is 11. The smallest absolute Gasteiger partial charge is 0.242 e. The Morgan fingerprint density at radius 3 is 2.18 bits per heavy atom. The average molecular weight is 535 g/mol. The van der Waals surface area contributed by atoms with Crippen molar-refractivity contribution in [3.8, 4) is 0 Å². The van der Waals surface area contributed by atoms with Crippen LogP contribution in [0.25, 0.3) is 0 Å². The second-order valence-corrected chi connectivity index (χ2v) is 10.1. The van der Waals surface area contributed by atoms with Crippen molar-refractivity contribution in [2.24, 2.45) is 0 Å². The lowest BCUT2D eigenvalue weighted by molar-refractivity contribution is -0.122. The summed E-state index contributed by atoms with van der Waals surface area (Å²) in [5, 5.41) is 0. The number of hydrogen-bond acceptors (Lipinski definition) is 4. The van der Waals surface area contributed by atoms with E-state index in [1.165, 1.54) is 5.56 Å². The Morgan fingerprint density at radius 1 is 0.816 bits per heavy atom. The Morgan fingerprint density at radius 2 is 1.47 bits per heavy atom. The van der Waals surface area contributed by atoms with E-state index in [0.717, 1.165) is 55.7 Å². The van der Waals surface area contributed by atoms with Crippen molar-refractivity contribution in [3.63, 3.8) is 0 Å². The number of hydrogen-bond donors (Lipinski definition) is 0. The zero-order chi connectivity index (χ0) is 25.5. The molecule has 1 unspecified atom stereocenters. The minimum absolute atomic E-state index is 0. The fourth-order valence-electron chi connectivity index (χ4n) is 6.08. The summed E-state index contributed by atoms with van der Waals surface area (Å²) in [7, 11) is 1.67. The van der Waals surface area contributed by atoms with E-state index >= 15 is 0 Å². The molecule has 2 heterocycles. The largest absolute Gasteiger partial charge is 0.382 e. The Balaban J connectivity index is 0.00000336. The highest BCUT2D eigenvalue weighted by Crippen LogP contribution is 2.48. The number of amides is 1. The molecule has 38 heavy (non-hydrogen) atoms. The minimum Gasteiger partial charge on any atom is -0.382 e. The molecular formula is C32H39ClN2O3. The van der Waals surface area contributed by atoms with Gasteiger partial charge in [0.25, 0.3) is 0 Å². The third-order valence-electron chi connectivity index (χ3n) is 8.08. The fourth-order valence-corrected chi connectivity index (χ4v) is 6.08. The number of benzene rings is 3. The number of nitrogens with zero attached hydrogens (tertiary/aromatic N) is 2. The number of halogens is 1. The molecule has 5 rings (SSSR count). The lowest BCUT2D eigenvalue weighted by Gasteiger charge is -2.36. The molecular weight excluding hydrogens is 496 g/mol. The van der Waals surface area contributed by atoms with Crippen LogP contribution in [-0.4, -0.2) is 63.9 Å². The Labute approximate surface area is 233 Å². The van der Waals surface area contributed by atoms with Crippen molar-refractivity contribution in [1.82, 2.24) is 4.90 Å². The van der Waals surface area contributed by atoms with Crippen LogP contribution in [0.2, 0.25) is 0 Å². The van der Waals surface area contributed by atoms with Crippen molar-refractivity contribution in [2.75, 3.05) is 58.0 Å². The lowest BCUT2D eigenvalue weighted by Crippen LogP contribution is -2.45. The van der Waals surface area contributed by atoms with Crippen LogP contribution in [0.15, 0.2) is 84.9 Å². The molecule has 1 amide bonds. The van der Waals surface area contributed by atoms with Crippen LogP contribution in [0.3, 0.4) is 0 Å². The normalized spacial score (nSPS) is 19.8. The van der Waals surface area contributed by atoms with Gasteiger partial charge in [0.1, 0.15) is 5.41 Å². The van der Waals surface area contributed by atoms with E-state index in [9.17, 15) is 4.79 Å². The summed E-state index contributed by atoms with van der Waals surface area (Å²) in [5.74, 6) is 0.789. The van der Waals surface area contributed by atoms with Gasteiger partial charge in [-0.2, -0.15) is 0 Å². The quantitative estimate of drug-likeness (QED) is 0.297. The van der Waals surface area contributed by atoms with E-state index in [1.54, 1.807) is 7.11 Å². The van der Waals surface area contributed by atoms with E-state index in [4.69, 9.17) is 9.47 Å². The third kappa shape index (κ3) is 5.81.